The quantitative estimate of drug-likeness (QED) is 0.160. The SMILES string of the molecule is CCCCCCCCCCOc1ccc(C2=N/C(=C\c3cc(Br)ccc3OC)C(=O)O2)cc1. The molecule has 0 N–H and O–H groups in total. The highest BCUT2D eigenvalue weighted by Gasteiger charge is 2.24. The number of benzene rings is 2. The van der Waals surface area contributed by atoms with Crippen LogP contribution in [-0.4, -0.2) is 25.6 Å². The van der Waals surface area contributed by atoms with Crippen LogP contribution in [0.3, 0.4) is 0 Å². The summed E-state index contributed by atoms with van der Waals surface area (Å²) in [5, 5.41) is 0. The molecule has 2 aromatic rings. The molecule has 0 unspecified atom stereocenters. The summed E-state index contributed by atoms with van der Waals surface area (Å²) >= 11 is 3.44. The van der Waals surface area contributed by atoms with Crippen LogP contribution in [0.4, 0.5) is 0 Å². The summed E-state index contributed by atoms with van der Waals surface area (Å²) in [6.07, 6.45) is 11.9. The molecule has 33 heavy (non-hydrogen) atoms. The lowest BCUT2D eigenvalue weighted by molar-refractivity contribution is -0.129. The van der Waals surface area contributed by atoms with E-state index in [-0.39, 0.29) is 11.6 Å². The summed E-state index contributed by atoms with van der Waals surface area (Å²) < 4.78 is 17.5. The molecule has 2 aromatic carbocycles. The van der Waals surface area contributed by atoms with E-state index in [9.17, 15) is 4.79 Å². The molecule has 1 heterocycles. The van der Waals surface area contributed by atoms with Gasteiger partial charge in [0.25, 0.3) is 0 Å². The average Bonchev–Trinajstić information content (AvgIpc) is 3.18. The minimum Gasteiger partial charge on any atom is -0.496 e. The maximum atomic E-state index is 12.3. The Bertz CT molecular complexity index is 982. The highest BCUT2D eigenvalue weighted by Crippen LogP contribution is 2.27. The van der Waals surface area contributed by atoms with Crippen LogP contribution in [0.5, 0.6) is 11.5 Å². The fourth-order valence-corrected chi connectivity index (χ4v) is 4.00. The van der Waals surface area contributed by atoms with Gasteiger partial charge in [0.15, 0.2) is 5.70 Å². The molecule has 6 heteroatoms. The van der Waals surface area contributed by atoms with Gasteiger partial charge in [0.05, 0.1) is 13.7 Å². The summed E-state index contributed by atoms with van der Waals surface area (Å²) in [4.78, 5) is 16.7. The van der Waals surface area contributed by atoms with Crippen molar-refractivity contribution in [1.29, 1.82) is 0 Å². The monoisotopic (exact) mass is 513 g/mol. The second kappa shape index (κ2) is 13.2. The maximum absolute atomic E-state index is 12.3. The van der Waals surface area contributed by atoms with Gasteiger partial charge in [-0.25, -0.2) is 9.79 Å². The van der Waals surface area contributed by atoms with Gasteiger partial charge in [-0.1, -0.05) is 67.8 Å². The van der Waals surface area contributed by atoms with E-state index in [1.807, 2.05) is 42.5 Å². The lowest BCUT2D eigenvalue weighted by atomic mass is 10.1. The molecule has 0 fully saturated rings. The molecular weight excluding hydrogens is 482 g/mol. The van der Waals surface area contributed by atoms with Crippen LogP contribution in [0.25, 0.3) is 6.08 Å². The molecule has 0 saturated heterocycles. The van der Waals surface area contributed by atoms with Gasteiger partial charge >= 0.3 is 5.97 Å². The number of cyclic esters (lactones) is 1. The van der Waals surface area contributed by atoms with Crippen LogP contribution >= 0.6 is 15.9 Å². The topological polar surface area (TPSA) is 57.1 Å². The Morgan fingerprint density at radius 2 is 1.67 bits per heavy atom. The minimum absolute atomic E-state index is 0.233. The van der Waals surface area contributed by atoms with E-state index in [2.05, 4.69) is 27.8 Å². The van der Waals surface area contributed by atoms with E-state index in [0.29, 0.717) is 12.4 Å². The van der Waals surface area contributed by atoms with Crippen molar-refractivity contribution in [3.63, 3.8) is 0 Å². The van der Waals surface area contributed by atoms with Crippen LogP contribution in [0.2, 0.25) is 0 Å². The van der Waals surface area contributed by atoms with Crippen molar-refractivity contribution >= 4 is 33.9 Å². The number of halogens is 1. The predicted octanol–water partition coefficient (Wildman–Crippen LogP) is 7.32. The van der Waals surface area contributed by atoms with Crippen LogP contribution < -0.4 is 9.47 Å². The molecule has 0 saturated carbocycles. The van der Waals surface area contributed by atoms with E-state index in [1.165, 1.54) is 44.9 Å². The van der Waals surface area contributed by atoms with Gasteiger partial charge in [-0.15, -0.1) is 0 Å². The van der Waals surface area contributed by atoms with Crippen LogP contribution in [-0.2, 0) is 9.53 Å². The third-order valence-electron chi connectivity index (χ3n) is 5.47. The summed E-state index contributed by atoms with van der Waals surface area (Å²) in [6, 6.07) is 13.1. The summed E-state index contributed by atoms with van der Waals surface area (Å²) in [6.45, 7) is 2.96. The van der Waals surface area contributed by atoms with Crippen molar-refractivity contribution in [2.24, 2.45) is 4.99 Å². The number of methoxy groups -OCH3 is 1. The Morgan fingerprint density at radius 3 is 2.36 bits per heavy atom. The fourth-order valence-electron chi connectivity index (χ4n) is 3.62. The highest BCUT2D eigenvalue weighted by atomic mass is 79.9. The molecule has 0 aromatic heterocycles. The number of nitrogens with zero attached hydrogens (tertiary/aromatic N) is 1. The van der Waals surface area contributed by atoms with E-state index in [0.717, 1.165) is 27.8 Å². The van der Waals surface area contributed by atoms with Crippen LogP contribution in [0, 0.1) is 0 Å². The smallest absolute Gasteiger partial charge is 0.363 e. The largest absolute Gasteiger partial charge is 0.496 e. The number of rotatable bonds is 13. The van der Waals surface area contributed by atoms with Gasteiger partial charge < -0.3 is 14.2 Å². The molecule has 0 bridgehead atoms. The second-order valence-electron chi connectivity index (χ2n) is 8.07. The Kier molecular flexibility index (Phi) is 10.0. The van der Waals surface area contributed by atoms with E-state index in [4.69, 9.17) is 14.2 Å². The number of hydrogen-bond donors (Lipinski definition) is 0. The van der Waals surface area contributed by atoms with Crippen molar-refractivity contribution in [2.75, 3.05) is 13.7 Å². The fraction of sp³-hybridized carbons (Fsp3) is 0.407. The minimum atomic E-state index is -0.484. The lowest BCUT2D eigenvalue weighted by Crippen LogP contribution is -2.05. The van der Waals surface area contributed by atoms with E-state index >= 15 is 0 Å². The van der Waals surface area contributed by atoms with Gasteiger partial charge in [-0.2, -0.15) is 0 Å². The number of unbranched alkanes of at least 4 members (excludes halogenated alkanes) is 7. The van der Waals surface area contributed by atoms with E-state index in [1.54, 1.807) is 13.2 Å². The van der Waals surface area contributed by atoms with Gasteiger partial charge in [-0.05, 0) is 55.0 Å². The molecule has 1 aliphatic rings. The number of esters is 1. The molecule has 1 aliphatic heterocycles. The summed E-state index contributed by atoms with van der Waals surface area (Å²) in [5.74, 6) is 1.26. The Balaban J connectivity index is 1.51. The molecule has 0 aliphatic carbocycles. The first-order valence-electron chi connectivity index (χ1n) is 11.7. The van der Waals surface area contributed by atoms with Crippen molar-refractivity contribution in [3.8, 4) is 11.5 Å². The summed E-state index contributed by atoms with van der Waals surface area (Å²) in [7, 11) is 1.59. The van der Waals surface area contributed by atoms with Crippen molar-refractivity contribution < 1.29 is 19.0 Å². The van der Waals surface area contributed by atoms with E-state index < -0.39 is 5.97 Å². The van der Waals surface area contributed by atoms with Crippen molar-refractivity contribution in [3.05, 3.63) is 63.8 Å². The molecule has 5 nitrogen and oxygen atoms in total. The first-order valence-corrected chi connectivity index (χ1v) is 12.5. The molecule has 3 rings (SSSR count). The van der Waals surface area contributed by atoms with Gasteiger partial charge in [0.2, 0.25) is 5.90 Å². The molecule has 0 radical (unpaired) electrons. The van der Waals surface area contributed by atoms with Gasteiger partial charge in [-0.3, -0.25) is 0 Å². The third kappa shape index (κ3) is 7.74. The predicted molar refractivity (Wildman–Crippen MR) is 136 cm³/mol. The van der Waals surface area contributed by atoms with Crippen LogP contribution in [0.15, 0.2) is 57.6 Å². The Morgan fingerprint density at radius 1 is 0.970 bits per heavy atom. The molecule has 0 amide bonds. The maximum Gasteiger partial charge on any atom is 0.363 e. The zero-order valence-electron chi connectivity index (χ0n) is 19.4. The normalized spacial score (nSPS) is 14.3. The van der Waals surface area contributed by atoms with Gasteiger partial charge in [0.1, 0.15) is 11.5 Å². The Hall–Kier alpha value is -2.60. The number of carbonyl (C=O) groups is 1. The standard InChI is InChI=1S/C27H32BrNO4/c1-3-4-5-6-7-8-9-10-17-32-23-14-11-20(12-15-23)26-29-24(27(30)33-26)19-21-18-22(28)13-16-25(21)31-2/h11-16,18-19H,3-10,17H2,1-2H3/b24-19-. The number of hydrogen-bond acceptors (Lipinski definition) is 5. The number of carbonyl (C=O) groups excluding carboxylic acids is 1. The van der Waals surface area contributed by atoms with Crippen molar-refractivity contribution in [1.82, 2.24) is 0 Å². The van der Waals surface area contributed by atoms with Crippen LogP contribution in [0.1, 0.15) is 69.4 Å². The zero-order chi connectivity index (χ0) is 23.5. The molecule has 0 atom stereocenters. The molecular formula is C27H32BrNO4. The summed E-state index contributed by atoms with van der Waals surface area (Å²) in [5.41, 5.74) is 1.71. The lowest BCUT2D eigenvalue weighted by Gasteiger charge is -2.07. The third-order valence-corrected chi connectivity index (χ3v) is 5.97. The highest BCUT2D eigenvalue weighted by molar-refractivity contribution is 9.10. The van der Waals surface area contributed by atoms with Gasteiger partial charge in [0, 0.05) is 15.6 Å². The Labute approximate surface area is 205 Å². The second-order valence-corrected chi connectivity index (χ2v) is 8.99. The molecule has 176 valence electrons. The first kappa shape index (κ1) is 25.0. The zero-order valence-corrected chi connectivity index (χ0v) is 21.0. The first-order chi connectivity index (χ1) is 16.1. The molecule has 0 spiro atoms. The average molecular weight is 514 g/mol. The van der Waals surface area contributed by atoms with Crippen molar-refractivity contribution in [2.45, 2.75) is 58.3 Å². The number of aliphatic imine (C=N–C) groups is 1. The number of ether oxygens (including phenoxy) is 3.